The summed E-state index contributed by atoms with van der Waals surface area (Å²) in [7, 11) is 0. The number of rotatable bonds is 7. The molecule has 1 aromatic heterocycles. The molecule has 2 rings (SSSR count). The summed E-state index contributed by atoms with van der Waals surface area (Å²) in [5.74, 6) is 0.952. The second-order valence-electron chi connectivity index (χ2n) is 5.95. The average Bonchev–Trinajstić information content (AvgIpc) is 2.95. The van der Waals surface area contributed by atoms with E-state index in [4.69, 9.17) is 4.74 Å². The third-order valence-electron chi connectivity index (χ3n) is 3.68. The van der Waals surface area contributed by atoms with Crippen LogP contribution in [0.3, 0.4) is 0 Å². The maximum atomic E-state index is 12.0. The minimum absolute atomic E-state index is 0.0115. The maximum absolute atomic E-state index is 12.0. The number of ether oxygens (including phenoxy) is 1. The van der Waals surface area contributed by atoms with Crippen LogP contribution in [-0.4, -0.2) is 12.5 Å². The highest BCUT2D eigenvalue weighted by molar-refractivity contribution is 7.12. The van der Waals surface area contributed by atoms with Gasteiger partial charge in [0.25, 0.3) is 5.91 Å². The summed E-state index contributed by atoms with van der Waals surface area (Å²) in [5.41, 5.74) is 4.58. The van der Waals surface area contributed by atoms with Gasteiger partial charge < -0.3 is 10.1 Å². The summed E-state index contributed by atoms with van der Waals surface area (Å²) in [4.78, 5) is 12.8. The van der Waals surface area contributed by atoms with E-state index in [-0.39, 0.29) is 5.91 Å². The van der Waals surface area contributed by atoms with Crippen LogP contribution in [0.2, 0.25) is 0 Å². The van der Waals surface area contributed by atoms with Gasteiger partial charge in [-0.05, 0) is 49.8 Å². The van der Waals surface area contributed by atoms with Gasteiger partial charge in [-0.15, -0.1) is 11.3 Å². The Kier molecular flexibility index (Phi) is 6.22. The predicted molar refractivity (Wildman–Crippen MR) is 96.5 cm³/mol. The standard InChI is InChI=1S/C19H25NO2S/c1-5-6-7-20-19(21)17-10-16(12-23-17)11-22-18-14(3)8-13(2)9-15(18)4/h8-10,12H,5-7,11H2,1-4H3,(H,20,21). The predicted octanol–water partition coefficient (Wildman–Crippen LogP) is 4.78. The fourth-order valence-electron chi connectivity index (χ4n) is 2.59. The van der Waals surface area contributed by atoms with Gasteiger partial charge in [-0.3, -0.25) is 4.79 Å². The van der Waals surface area contributed by atoms with E-state index in [9.17, 15) is 4.79 Å². The third-order valence-corrected chi connectivity index (χ3v) is 4.66. The van der Waals surface area contributed by atoms with E-state index >= 15 is 0 Å². The van der Waals surface area contributed by atoms with E-state index in [0.29, 0.717) is 6.61 Å². The van der Waals surface area contributed by atoms with E-state index in [1.807, 2.05) is 11.4 Å². The van der Waals surface area contributed by atoms with Crippen LogP contribution in [0, 0.1) is 20.8 Å². The average molecular weight is 331 g/mol. The zero-order chi connectivity index (χ0) is 16.8. The van der Waals surface area contributed by atoms with Gasteiger partial charge in [-0.25, -0.2) is 0 Å². The molecule has 124 valence electrons. The molecule has 0 fully saturated rings. The Morgan fingerprint density at radius 2 is 1.87 bits per heavy atom. The number of hydrogen-bond donors (Lipinski definition) is 1. The van der Waals surface area contributed by atoms with E-state index < -0.39 is 0 Å². The van der Waals surface area contributed by atoms with Crippen molar-refractivity contribution < 1.29 is 9.53 Å². The Morgan fingerprint density at radius 1 is 1.17 bits per heavy atom. The van der Waals surface area contributed by atoms with Crippen LogP contribution in [0.15, 0.2) is 23.6 Å². The number of hydrogen-bond acceptors (Lipinski definition) is 3. The topological polar surface area (TPSA) is 38.3 Å². The third kappa shape index (κ3) is 4.83. The van der Waals surface area contributed by atoms with Gasteiger partial charge in [0.05, 0.1) is 4.88 Å². The van der Waals surface area contributed by atoms with E-state index in [1.54, 1.807) is 0 Å². The molecule has 0 aliphatic rings. The quantitative estimate of drug-likeness (QED) is 0.741. The van der Waals surface area contributed by atoms with Crippen LogP contribution in [0.4, 0.5) is 0 Å². The van der Waals surface area contributed by atoms with Crippen molar-refractivity contribution in [3.8, 4) is 5.75 Å². The molecule has 0 unspecified atom stereocenters. The number of aryl methyl sites for hydroxylation is 3. The Hall–Kier alpha value is -1.81. The molecule has 0 aliphatic carbocycles. The van der Waals surface area contributed by atoms with Crippen molar-refractivity contribution in [3.63, 3.8) is 0 Å². The molecule has 1 aromatic carbocycles. The summed E-state index contributed by atoms with van der Waals surface area (Å²) >= 11 is 1.47. The number of benzene rings is 1. The maximum Gasteiger partial charge on any atom is 0.261 e. The lowest BCUT2D eigenvalue weighted by Crippen LogP contribution is -2.23. The molecular weight excluding hydrogens is 306 g/mol. The first-order valence-corrected chi connectivity index (χ1v) is 8.95. The smallest absolute Gasteiger partial charge is 0.261 e. The van der Waals surface area contributed by atoms with Crippen LogP contribution in [0.1, 0.15) is 51.7 Å². The zero-order valence-corrected chi connectivity index (χ0v) is 15.2. The van der Waals surface area contributed by atoms with Gasteiger partial charge in [-0.2, -0.15) is 0 Å². The molecule has 0 saturated carbocycles. The number of thiophene rings is 1. The Bertz CT molecular complexity index is 653. The van der Waals surface area contributed by atoms with Crippen LogP contribution in [0.25, 0.3) is 0 Å². The van der Waals surface area contributed by atoms with Crippen molar-refractivity contribution in [3.05, 3.63) is 50.7 Å². The minimum Gasteiger partial charge on any atom is -0.488 e. The zero-order valence-electron chi connectivity index (χ0n) is 14.4. The van der Waals surface area contributed by atoms with Crippen LogP contribution in [-0.2, 0) is 6.61 Å². The van der Waals surface area contributed by atoms with Crippen molar-refractivity contribution in [1.82, 2.24) is 5.32 Å². The highest BCUT2D eigenvalue weighted by Crippen LogP contribution is 2.26. The molecular formula is C19H25NO2S. The summed E-state index contributed by atoms with van der Waals surface area (Å²) in [6, 6.07) is 6.18. The molecule has 23 heavy (non-hydrogen) atoms. The lowest BCUT2D eigenvalue weighted by Gasteiger charge is -2.12. The molecule has 1 heterocycles. The molecule has 0 atom stereocenters. The van der Waals surface area contributed by atoms with Crippen molar-refractivity contribution in [1.29, 1.82) is 0 Å². The van der Waals surface area contributed by atoms with Crippen LogP contribution < -0.4 is 10.1 Å². The van der Waals surface area contributed by atoms with E-state index in [0.717, 1.165) is 46.7 Å². The fourth-order valence-corrected chi connectivity index (χ4v) is 3.40. The number of amides is 1. The minimum atomic E-state index is 0.0115. The Balaban J connectivity index is 1.96. The number of nitrogens with one attached hydrogen (secondary N) is 1. The van der Waals surface area contributed by atoms with Gasteiger partial charge in [-0.1, -0.05) is 31.0 Å². The molecule has 0 saturated heterocycles. The van der Waals surface area contributed by atoms with Crippen molar-refractivity contribution in [2.24, 2.45) is 0 Å². The molecule has 1 N–H and O–H groups in total. The fraction of sp³-hybridized carbons (Fsp3) is 0.421. The highest BCUT2D eigenvalue weighted by atomic mass is 32.1. The first-order chi connectivity index (χ1) is 11.0. The summed E-state index contributed by atoms with van der Waals surface area (Å²) in [6.45, 7) is 9.56. The van der Waals surface area contributed by atoms with Gasteiger partial charge in [0.15, 0.2) is 0 Å². The molecule has 0 radical (unpaired) electrons. The van der Waals surface area contributed by atoms with Gasteiger partial charge in [0.1, 0.15) is 12.4 Å². The largest absolute Gasteiger partial charge is 0.488 e. The second-order valence-corrected chi connectivity index (χ2v) is 6.86. The van der Waals surface area contributed by atoms with E-state index in [1.165, 1.54) is 16.9 Å². The molecule has 0 aliphatic heterocycles. The van der Waals surface area contributed by atoms with Crippen molar-refractivity contribution >= 4 is 17.2 Å². The van der Waals surface area contributed by atoms with E-state index in [2.05, 4.69) is 45.1 Å². The number of carbonyl (C=O) groups is 1. The molecule has 0 bridgehead atoms. The first kappa shape index (κ1) is 17.5. The number of carbonyl (C=O) groups excluding carboxylic acids is 1. The summed E-state index contributed by atoms with van der Waals surface area (Å²) in [6.07, 6.45) is 2.10. The monoisotopic (exact) mass is 331 g/mol. The summed E-state index contributed by atoms with van der Waals surface area (Å²) in [5, 5.41) is 4.94. The van der Waals surface area contributed by atoms with Gasteiger partial charge in [0.2, 0.25) is 0 Å². The molecule has 2 aromatic rings. The Labute approximate surface area is 142 Å². The second kappa shape index (κ2) is 8.16. The molecule has 4 heteroatoms. The van der Waals surface area contributed by atoms with Crippen LogP contribution in [0.5, 0.6) is 5.75 Å². The first-order valence-electron chi connectivity index (χ1n) is 8.07. The SMILES string of the molecule is CCCCNC(=O)c1cc(COc2c(C)cc(C)cc2C)cs1. The van der Waals surface area contributed by atoms with Crippen molar-refractivity contribution in [2.75, 3.05) is 6.54 Å². The summed E-state index contributed by atoms with van der Waals surface area (Å²) < 4.78 is 5.98. The Morgan fingerprint density at radius 3 is 2.52 bits per heavy atom. The van der Waals surface area contributed by atoms with Gasteiger partial charge >= 0.3 is 0 Å². The lowest BCUT2D eigenvalue weighted by molar-refractivity contribution is 0.0957. The normalized spacial score (nSPS) is 10.6. The van der Waals surface area contributed by atoms with Crippen LogP contribution >= 0.6 is 11.3 Å². The molecule has 1 amide bonds. The number of unbranched alkanes of at least 4 members (excludes halogenated alkanes) is 1. The molecule has 3 nitrogen and oxygen atoms in total. The molecule has 0 spiro atoms. The van der Waals surface area contributed by atoms with Gasteiger partial charge in [0, 0.05) is 12.1 Å². The van der Waals surface area contributed by atoms with Crippen molar-refractivity contribution in [2.45, 2.75) is 47.1 Å². The lowest BCUT2D eigenvalue weighted by atomic mass is 10.1. The highest BCUT2D eigenvalue weighted by Gasteiger charge is 2.10.